The highest BCUT2D eigenvalue weighted by molar-refractivity contribution is 7.22. The van der Waals surface area contributed by atoms with Crippen LogP contribution in [0.4, 0.5) is 5.13 Å². The second-order valence-corrected chi connectivity index (χ2v) is 8.48. The number of carbonyl (C=O) groups excluding carboxylic acids is 1. The van der Waals surface area contributed by atoms with Gasteiger partial charge >= 0.3 is 0 Å². The Labute approximate surface area is 153 Å². The van der Waals surface area contributed by atoms with Crippen LogP contribution < -0.4 is 10.2 Å². The van der Waals surface area contributed by atoms with Crippen LogP contribution in [0.3, 0.4) is 0 Å². The molecule has 0 radical (unpaired) electrons. The van der Waals surface area contributed by atoms with Gasteiger partial charge in [-0.05, 0) is 43.7 Å². The lowest BCUT2D eigenvalue weighted by atomic mass is 9.89. The molecule has 1 aliphatic carbocycles. The Morgan fingerprint density at radius 2 is 1.88 bits per heavy atom. The van der Waals surface area contributed by atoms with Gasteiger partial charge in [0.2, 0.25) is 5.91 Å². The first-order valence-corrected chi connectivity index (χ1v) is 10.5. The van der Waals surface area contributed by atoms with Crippen LogP contribution in [0.2, 0.25) is 0 Å². The molecule has 1 aliphatic heterocycles. The molecule has 0 atom stereocenters. The van der Waals surface area contributed by atoms with E-state index in [1.807, 2.05) is 6.07 Å². The molecule has 1 aromatic carbocycles. The molecular weight excluding hydrogens is 330 g/mol. The Bertz CT molecular complexity index is 682. The Morgan fingerprint density at radius 1 is 1.12 bits per heavy atom. The first-order chi connectivity index (χ1) is 12.3. The Hall–Kier alpha value is -1.62. The summed E-state index contributed by atoms with van der Waals surface area (Å²) in [7, 11) is 0. The molecule has 1 amide bonds. The molecular formula is C20H27N3OS. The molecule has 0 spiro atoms. The monoisotopic (exact) mass is 357 g/mol. The van der Waals surface area contributed by atoms with Gasteiger partial charge in [0.05, 0.1) is 10.2 Å². The van der Waals surface area contributed by atoms with E-state index in [2.05, 4.69) is 28.4 Å². The highest BCUT2D eigenvalue weighted by atomic mass is 32.1. The molecule has 2 aliphatic rings. The fraction of sp³-hybridized carbons (Fsp3) is 0.600. The van der Waals surface area contributed by atoms with E-state index in [9.17, 15) is 4.79 Å². The second kappa shape index (κ2) is 7.73. The van der Waals surface area contributed by atoms with E-state index >= 15 is 0 Å². The minimum absolute atomic E-state index is 0.175. The molecule has 4 rings (SSSR count). The van der Waals surface area contributed by atoms with Crippen LogP contribution in [0.5, 0.6) is 0 Å². The van der Waals surface area contributed by atoms with Crippen LogP contribution in [0.15, 0.2) is 24.3 Å². The Balaban J connectivity index is 1.28. The molecule has 2 aromatic rings. The summed E-state index contributed by atoms with van der Waals surface area (Å²) in [5.74, 6) is 1.16. The SMILES string of the molecule is O=C(NCC1CCCCC1)C1CCN(c2nc3ccccc3s2)CC1. The highest BCUT2D eigenvalue weighted by Crippen LogP contribution is 2.31. The van der Waals surface area contributed by atoms with Crippen molar-refractivity contribution < 1.29 is 4.79 Å². The standard InChI is InChI=1S/C20H27N3OS/c24-19(21-14-15-6-2-1-3-7-15)16-10-12-23(13-11-16)20-22-17-8-4-5-9-18(17)25-20/h4-5,8-9,15-16H,1-3,6-7,10-14H2,(H,21,24). The van der Waals surface area contributed by atoms with E-state index in [0.717, 1.165) is 43.1 Å². The van der Waals surface area contributed by atoms with Gasteiger partial charge in [-0.1, -0.05) is 42.7 Å². The molecule has 1 saturated carbocycles. The van der Waals surface area contributed by atoms with E-state index in [1.165, 1.54) is 36.8 Å². The molecule has 2 heterocycles. The van der Waals surface area contributed by atoms with Crippen molar-refractivity contribution in [3.8, 4) is 0 Å². The summed E-state index contributed by atoms with van der Waals surface area (Å²) in [6.45, 7) is 2.75. The Morgan fingerprint density at radius 3 is 2.64 bits per heavy atom. The van der Waals surface area contributed by atoms with E-state index in [1.54, 1.807) is 11.3 Å². The third-order valence-electron chi connectivity index (χ3n) is 5.71. The number of piperidine rings is 1. The van der Waals surface area contributed by atoms with Crippen molar-refractivity contribution in [1.29, 1.82) is 0 Å². The maximum absolute atomic E-state index is 12.5. The van der Waals surface area contributed by atoms with Crippen molar-refractivity contribution in [3.63, 3.8) is 0 Å². The minimum atomic E-state index is 0.175. The Kier molecular flexibility index (Phi) is 5.20. The molecule has 1 N–H and O–H groups in total. The molecule has 1 aromatic heterocycles. The maximum atomic E-state index is 12.5. The van der Waals surface area contributed by atoms with Crippen molar-refractivity contribution in [2.75, 3.05) is 24.5 Å². The van der Waals surface area contributed by atoms with Crippen LogP contribution >= 0.6 is 11.3 Å². The molecule has 134 valence electrons. The number of aromatic nitrogens is 1. The molecule has 25 heavy (non-hydrogen) atoms. The van der Waals surface area contributed by atoms with Crippen molar-refractivity contribution in [2.24, 2.45) is 11.8 Å². The van der Waals surface area contributed by atoms with Crippen molar-refractivity contribution in [2.45, 2.75) is 44.9 Å². The zero-order valence-corrected chi connectivity index (χ0v) is 15.6. The lowest BCUT2D eigenvalue weighted by Crippen LogP contribution is -2.41. The van der Waals surface area contributed by atoms with Crippen LogP contribution in [-0.2, 0) is 4.79 Å². The topological polar surface area (TPSA) is 45.2 Å². The smallest absolute Gasteiger partial charge is 0.223 e. The van der Waals surface area contributed by atoms with Crippen LogP contribution in [0.1, 0.15) is 44.9 Å². The third-order valence-corrected chi connectivity index (χ3v) is 6.81. The summed E-state index contributed by atoms with van der Waals surface area (Å²) in [5.41, 5.74) is 1.08. The van der Waals surface area contributed by atoms with Gasteiger partial charge in [-0.3, -0.25) is 4.79 Å². The molecule has 0 bridgehead atoms. The number of thiazole rings is 1. The zero-order chi connectivity index (χ0) is 17.1. The van der Waals surface area contributed by atoms with Gasteiger partial charge in [0.15, 0.2) is 5.13 Å². The number of amides is 1. The predicted molar refractivity (Wildman–Crippen MR) is 104 cm³/mol. The van der Waals surface area contributed by atoms with E-state index in [0.29, 0.717) is 5.92 Å². The lowest BCUT2D eigenvalue weighted by Gasteiger charge is -2.31. The molecule has 2 fully saturated rings. The van der Waals surface area contributed by atoms with Gasteiger partial charge in [0.25, 0.3) is 0 Å². The van der Waals surface area contributed by atoms with E-state index in [-0.39, 0.29) is 11.8 Å². The van der Waals surface area contributed by atoms with Gasteiger partial charge in [-0.2, -0.15) is 0 Å². The van der Waals surface area contributed by atoms with Crippen molar-refractivity contribution in [3.05, 3.63) is 24.3 Å². The first-order valence-electron chi connectivity index (χ1n) is 9.68. The van der Waals surface area contributed by atoms with Gasteiger partial charge in [-0.15, -0.1) is 0 Å². The zero-order valence-electron chi connectivity index (χ0n) is 14.7. The number of fused-ring (bicyclic) bond motifs is 1. The number of nitrogens with zero attached hydrogens (tertiary/aromatic N) is 2. The number of hydrogen-bond acceptors (Lipinski definition) is 4. The largest absolute Gasteiger partial charge is 0.356 e. The number of hydrogen-bond donors (Lipinski definition) is 1. The van der Waals surface area contributed by atoms with Gasteiger partial charge < -0.3 is 10.2 Å². The summed E-state index contributed by atoms with van der Waals surface area (Å²) in [6, 6.07) is 8.30. The third kappa shape index (κ3) is 3.97. The average molecular weight is 358 g/mol. The fourth-order valence-corrected chi connectivity index (χ4v) is 5.13. The summed E-state index contributed by atoms with van der Waals surface area (Å²) in [4.78, 5) is 19.6. The number of para-hydroxylation sites is 1. The quantitative estimate of drug-likeness (QED) is 0.891. The number of benzene rings is 1. The summed E-state index contributed by atoms with van der Waals surface area (Å²) in [6.07, 6.45) is 8.49. The van der Waals surface area contributed by atoms with E-state index in [4.69, 9.17) is 4.98 Å². The highest BCUT2D eigenvalue weighted by Gasteiger charge is 2.27. The average Bonchev–Trinajstić information content (AvgIpc) is 3.11. The van der Waals surface area contributed by atoms with Gasteiger partial charge in [-0.25, -0.2) is 4.98 Å². The van der Waals surface area contributed by atoms with Crippen LogP contribution in [0, 0.1) is 11.8 Å². The van der Waals surface area contributed by atoms with Crippen molar-refractivity contribution in [1.82, 2.24) is 10.3 Å². The molecule has 0 unspecified atom stereocenters. The summed E-state index contributed by atoms with van der Waals surface area (Å²) >= 11 is 1.76. The first kappa shape index (κ1) is 16.8. The van der Waals surface area contributed by atoms with Gasteiger partial charge in [0, 0.05) is 25.6 Å². The summed E-state index contributed by atoms with van der Waals surface area (Å²) < 4.78 is 1.24. The van der Waals surface area contributed by atoms with Crippen molar-refractivity contribution >= 4 is 32.6 Å². The minimum Gasteiger partial charge on any atom is -0.356 e. The molecule has 1 saturated heterocycles. The normalized spacial score (nSPS) is 20.1. The number of anilines is 1. The van der Waals surface area contributed by atoms with Gasteiger partial charge in [0.1, 0.15) is 0 Å². The number of rotatable bonds is 4. The molecule has 5 heteroatoms. The molecule has 4 nitrogen and oxygen atoms in total. The fourth-order valence-electron chi connectivity index (χ4n) is 4.11. The maximum Gasteiger partial charge on any atom is 0.223 e. The summed E-state index contributed by atoms with van der Waals surface area (Å²) in [5, 5.41) is 4.33. The number of carbonyl (C=O) groups is 1. The lowest BCUT2D eigenvalue weighted by molar-refractivity contribution is -0.125. The van der Waals surface area contributed by atoms with Crippen LogP contribution in [0.25, 0.3) is 10.2 Å². The predicted octanol–water partition coefficient (Wildman–Crippen LogP) is 4.21. The number of nitrogens with one attached hydrogen (secondary N) is 1. The van der Waals surface area contributed by atoms with Crippen LogP contribution in [-0.4, -0.2) is 30.5 Å². The second-order valence-electron chi connectivity index (χ2n) is 7.47. The van der Waals surface area contributed by atoms with E-state index < -0.39 is 0 Å².